The highest BCUT2D eigenvalue weighted by atomic mass is 16.4. The molecule has 0 heterocycles. The highest BCUT2D eigenvalue weighted by Gasteiger charge is 2.47. The smallest absolute Gasteiger partial charge is 0.323 e. The lowest BCUT2D eigenvalue weighted by Gasteiger charge is -2.45. The van der Waals surface area contributed by atoms with Gasteiger partial charge in [-0.2, -0.15) is 0 Å². The minimum Gasteiger partial charge on any atom is -0.480 e. The van der Waals surface area contributed by atoms with E-state index in [0.29, 0.717) is 5.92 Å². The van der Waals surface area contributed by atoms with Crippen LogP contribution in [0.1, 0.15) is 59.8 Å². The van der Waals surface area contributed by atoms with E-state index in [9.17, 15) is 9.90 Å². The van der Waals surface area contributed by atoms with Gasteiger partial charge in [0.15, 0.2) is 0 Å². The standard InChI is InChI=1S/C14H27NO2/c1-5-6-7-15-14(12(16)17)9-11(2)8-13(3,4)10-14/h11,15H,5-10H2,1-4H3,(H,16,17). The highest BCUT2D eigenvalue weighted by molar-refractivity contribution is 5.79. The molecule has 0 saturated heterocycles. The van der Waals surface area contributed by atoms with Gasteiger partial charge >= 0.3 is 5.97 Å². The molecule has 100 valence electrons. The van der Waals surface area contributed by atoms with Gasteiger partial charge < -0.3 is 10.4 Å². The minimum atomic E-state index is -0.698. The molecule has 1 aliphatic carbocycles. The summed E-state index contributed by atoms with van der Waals surface area (Å²) in [5.41, 5.74) is -0.578. The first-order valence-electron chi connectivity index (χ1n) is 6.80. The molecule has 2 atom stereocenters. The molecule has 17 heavy (non-hydrogen) atoms. The summed E-state index contributed by atoms with van der Waals surface area (Å²) in [5, 5.41) is 12.9. The van der Waals surface area contributed by atoms with Gasteiger partial charge in [0.05, 0.1) is 0 Å². The topological polar surface area (TPSA) is 49.3 Å². The Morgan fingerprint density at radius 2 is 2.06 bits per heavy atom. The molecule has 0 spiro atoms. The Labute approximate surface area is 105 Å². The van der Waals surface area contributed by atoms with E-state index in [4.69, 9.17) is 0 Å². The first-order chi connectivity index (χ1) is 7.81. The zero-order valence-electron chi connectivity index (χ0n) is 11.7. The summed E-state index contributed by atoms with van der Waals surface area (Å²) in [6.45, 7) is 9.47. The fourth-order valence-electron chi connectivity index (χ4n) is 3.45. The number of carboxylic acids is 1. The maximum absolute atomic E-state index is 11.6. The second kappa shape index (κ2) is 5.38. The third-order valence-electron chi connectivity index (χ3n) is 3.78. The van der Waals surface area contributed by atoms with E-state index in [1.807, 2.05) is 0 Å². The van der Waals surface area contributed by atoms with E-state index >= 15 is 0 Å². The van der Waals surface area contributed by atoms with Crippen molar-refractivity contribution < 1.29 is 9.90 Å². The Morgan fingerprint density at radius 3 is 2.53 bits per heavy atom. The zero-order chi connectivity index (χ0) is 13.1. The summed E-state index contributed by atoms with van der Waals surface area (Å²) in [4.78, 5) is 11.6. The molecule has 1 rings (SSSR count). The lowest BCUT2D eigenvalue weighted by molar-refractivity contribution is -0.149. The molecule has 3 heteroatoms. The quantitative estimate of drug-likeness (QED) is 0.727. The van der Waals surface area contributed by atoms with Gasteiger partial charge in [-0.15, -0.1) is 0 Å². The monoisotopic (exact) mass is 241 g/mol. The predicted octanol–water partition coefficient (Wildman–Crippen LogP) is 3.05. The van der Waals surface area contributed by atoms with Crippen LogP contribution in [0.3, 0.4) is 0 Å². The zero-order valence-corrected chi connectivity index (χ0v) is 11.7. The van der Waals surface area contributed by atoms with Crippen LogP contribution in [0.5, 0.6) is 0 Å². The van der Waals surface area contributed by atoms with Crippen LogP contribution in [-0.2, 0) is 4.79 Å². The Morgan fingerprint density at radius 1 is 1.41 bits per heavy atom. The van der Waals surface area contributed by atoms with Gasteiger partial charge in [0.1, 0.15) is 5.54 Å². The average Bonchev–Trinajstić information content (AvgIpc) is 2.14. The van der Waals surface area contributed by atoms with E-state index in [1.54, 1.807) is 0 Å². The van der Waals surface area contributed by atoms with Crippen molar-refractivity contribution >= 4 is 5.97 Å². The molecule has 0 radical (unpaired) electrons. The number of nitrogens with one attached hydrogen (secondary N) is 1. The number of carbonyl (C=O) groups is 1. The second-order valence-electron chi connectivity index (χ2n) is 6.52. The third kappa shape index (κ3) is 3.70. The number of unbranched alkanes of at least 4 members (excludes halogenated alkanes) is 1. The van der Waals surface area contributed by atoms with Crippen molar-refractivity contribution in [3.8, 4) is 0 Å². The van der Waals surface area contributed by atoms with Crippen molar-refractivity contribution in [3.63, 3.8) is 0 Å². The summed E-state index contributed by atoms with van der Waals surface area (Å²) in [7, 11) is 0. The molecular formula is C14H27NO2. The lowest BCUT2D eigenvalue weighted by atomic mass is 9.64. The number of aliphatic carboxylic acids is 1. The first kappa shape index (κ1) is 14.5. The van der Waals surface area contributed by atoms with Gasteiger partial charge in [-0.25, -0.2) is 0 Å². The third-order valence-corrected chi connectivity index (χ3v) is 3.78. The second-order valence-corrected chi connectivity index (χ2v) is 6.52. The Hall–Kier alpha value is -0.570. The molecule has 1 fully saturated rings. The van der Waals surface area contributed by atoms with Crippen molar-refractivity contribution in [1.29, 1.82) is 0 Å². The molecule has 0 bridgehead atoms. The molecule has 0 aromatic carbocycles. The molecule has 0 aromatic rings. The molecule has 0 aliphatic heterocycles. The molecule has 0 amide bonds. The molecular weight excluding hydrogens is 214 g/mol. The van der Waals surface area contributed by atoms with Crippen LogP contribution in [0.4, 0.5) is 0 Å². The van der Waals surface area contributed by atoms with Crippen LogP contribution in [0.25, 0.3) is 0 Å². The van der Waals surface area contributed by atoms with Gasteiger partial charge in [0, 0.05) is 0 Å². The molecule has 1 saturated carbocycles. The van der Waals surface area contributed by atoms with Crippen LogP contribution in [-0.4, -0.2) is 23.2 Å². The fourth-order valence-corrected chi connectivity index (χ4v) is 3.45. The van der Waals surface area contributed by atoms with Gasteiger partial charge in [-0.1, -0.05) is 34.1 Å². The molecule has 2 unspecified atom stereocenters. The Bertz CT molecular complexity index is 275. The number of hydrogen-bond donors (Lipinski definition) is 2. The van der Waals surface area contributed by atoms with Crippen molar-refractivity contribution in [2.24, 2.45) is 11.3 Å². The number of hydrogen-bond acceptors (Lipinski definition) is 2. The first-order valence-corrected chi connectivity index (χ1v) is 6.80. The summed E-state index contributed by atoms with van der Waals surface area (Å²) in [6, 6.07) is 0. The van der Waals surface area contributed by atoms with Crippen molar-refractivity contribution in [3.05, 3.63) is 0 Å². The molecule has 3 nitrogen and oxygen atoms in total. The van der Waals surface area contributed by atoms with Crippen LogP contribution < -0.4 is 5.32 Å². The molecule has 1 aliphatic rings. The predicted molar refractivity (Wildman–Crippen MR) is 70.1 cm³/mol. The van der Waals surface area contributed by atoms with Crippen LogP contribution in [0.15, 0.2) is 0 Å². The van der Waals surface area contributed by atoms with Gasteiger partial charge in [0.2, 0.25) is 0 Å². The van der Waals surface area contributed by atoms with Crippen molar-refractivity contribution in [2.45, 2.75) is 65.3 Å². The summed E-state index contributed by atoms with van der Waals surface area (Å²) in [6.07, 6.45) is 4.77. The maximum Gasteiger partial charge on any atom is 0.323 e. The SMILES string of the molecule is CCCCNC1(C(=O)O)CC(C)CC(C)(C)C1. The van der Waals surface area contributed by atoms with E-state index in [0.717, 1.165) is 38.6 Å². The number of carboxylic acid groups (broad SMARTS) is 1. The van der Waals surface area contributed by atoms with E-state index in [2.05, 4.69) is 33.0 Å². The van der Waals surface area contributed by atoms with E-state index in [-0.39, 0.29) is 5.41 Å². The summed E-state index contributed by atoms with van der Waals surface area (Å²) < 4.78 is 0. The maximum atomic E-state index is 11.6. The molecule has 0 aromatic heterocycles. The van der Waals surface area contributed by atoms with Crippen molar-refractivity contribution in [2.75, 3.05) is 6.54 Å². The van der Waals surface area contributed by atoms with E-state index in [1.165, 1.54) is 0 Å². The summed E-state index contributed by atoms with van der Waals surface area (Å²) in [5.74, 6) is -0.197. The van der Waals surface area contributed by atoms with Crippen LogP contribution in [0, 0.1) is 11.3 Å². The minimum absolute atomic E-state index is 0.120. The van der Waals surface area contributed by atoms with E-state index < -0.39 is 11.5 Å². The summed E-state index contributed by atoms with van der Waals surface area (Å²) >= 11 is 0. The molecule has 2 N–H and O–H groups in total. The average molecular weight is 241 g/mol. The van der Waals surface area contributed by atoms with Gasteiger partial charge in [0.25, 0.3) is 0 Å². The highest BCUT2D eigenvalue weighted by Crippen LogP contribution is 2.44. The Balaban J connectivity index is 2.79. The van der Waals surface area contributed by atoms with Crippen LogP contribution >= 0.6 is 0 Å². The van der Waals surface area contributed by atoms with Gasteiger partial charge in [-0.3, -0.25) is 4.79 Å². The van der Waals surface area contributed by atoms with Crippen LogP contribution in [0.2, 0.25) is 0 Å². The Kier molecular flexibility index (Phi) is 4.59. The number of rotatable bonds is 5. The van der Waals surface area contributed by atoms with Gasteiger partial charge in [-0.05, 0) is 43.6 Å². The van der Waals surface area contributed by atoms with Crippen molar-refractivity contribution in [1.82, 2.24) is 5.32 Å². The lowest BCUT2D eigenvalue weighted by Crippen LogP contribution is -2.58. The largest absolute Gasteiger partial charge is 0.480 e. The normalized spacial score (nSPS) is 32.4. The fraction of sp³-hybridized carbons (Fsp3) is 0.929.